The van der Waals surface area contributed by atoms with Gasteiger partial charge in [0.15, 0.2) is 0 Å². The van der Waals surface area contributed by atoms with Crippen LogP contribution in [0.3, 0.4) is 0 Å². The van der Waals surface area contributed by atoms with Crippen molar-refractivity contribution in [2.24, 2.45) is 17.8 Å². The zero-order chi connectivity index (χ0) is 7.56. The van der Waals surface area contributed by atoms with Gasteiger partial charge in [-0.2, -0.15) is 0 Å². The molecule has 1 aliphatic carbocycles. The van der Waals surface area contributed by atoms with E-state index in [1.807, 2.05) is 6.08 Å². The van der Waals surface area contributed by atoms with E-state index >= 15 is 0 Å². The highest BCUT2D eigenvalue weighted by molar-refractivity contribution is 5.04. The largest absolute Gasteiger partial charge is 0.103 e. The van der Waals surface area contributed by atoms with Gasteiger partial charge in [-0.05, 0) is 24.2 Å². The third-order valence-corrected chi connectivity index (χ3v) is 2.51. The topological polar surface area (TPSA) is 0 Å². The van der Waals surface area contributed by atoms with E-state index in [9.17, 15) is 0 Å². The molecule has 0 fully saturated rings. The minimum Gasteiger partial charge on any atom is -0.103 e. The first-order valence-electron chi connectivity index (χ1n) is 4.05. The zero-order valence-electron chi connectivity index (χ0n) is 6.88. The molecule has 0 heterocycles. The molecule has 10 heavy (non-hydrogen) atoms. The smallest absolute Gasteiger partial charge is 0.0225 e. The van der Waals surface area contributed by atoms with Gasteiger partial charge in [-0.1, -0.05) is 32.1 Å². The van der Waals surface area contributed by atoms with Gasteiger partial charge in [0.1, 0.15) is 0 Å². The fourth-order valence-corrected chi connectivity index (χ4v) is 1.74. The highest BCUT2D eigenvalue weighted by Gasteiger charge is 2.23. The van der Waals surface area contributed by atoms with Gasteiger partial charge in [-0.25, -0.2) is 0 Å². The molecule has 0 aromatic heterocycles. The Bertz CT molecular complexity index is 132. The molecule has 0 aromatic carbocycles. The lowest BCUT2D eigenvalue weighted by Gasteiger charge is -2.17. The van der Waals surface area contributed by atoms with E-state index in [-0.39, 0.29) is 0 Å². The summed E-state index contributed by atoms with van der Waals surface area (Å²) in [6, 6.07) is 0. The third kappa shape index (κ3) is 1.31. The fourth-order valence-electron chi connectivity index (χ4n) is 1.74. The van der Waals surface area contributed by atoms with Gasteiger partial charge in [-0.15, -0.1) is 6.58 Å². The maximum Gasteiger partial charge on any atom is -0.0225 e. The molecular formula is C10H16. The van der Waals surface area contributed by atoms with Gasteiger partial charge < -0.3 is 0 Å². The summed E-state index contributed by atoms with van der Waals surface area (Å²) in [7, 11) is 0. The van der Waals surface area contributed by atoms with Gasteiger partial charge in [0.25, 0.3) is 0 Å². The molecule has 0 heteroatoms. The summed E-state index contributed by atoms with van der Waals surface area (Å²) in [6.45, 7) is 8.34. The molecule has 0 aromatic rings. The Morgan fingerprint density at radius 2 is 1.80 bits per heavy atom. The Labute approximate surface area is 63.6 Å². The van der Waals surface area contributed by atoms with Crippen LogP contribution in [0.25, 0.3) is 0 Å². The van der Waals surface area contributed by atoms with E-state index in [1.54, 1.807) is 0 Å². The molecule has 0 N–H and O–H groups in total. The summed E-state index contributed by atoms with van der Waals surface area (Å²) in [5.41, 5.74) is 0. The van der Waals surface area contributed by atoms with Crippen LogP contribution >= 0.6 is 0 Å². The van der Waals surface area contributed by atoms with Crippen molar-refractivity contribution >= 4 is 0 Å². The van der Waals surface area contributed by atoms with Gasteiger partial charge in [-0.3, -0.25) is 0 Å². The van der Waals surface area contributed by atoms with Crippen molar-refractivity contribution in [3.8, 4) is 0 Å². The van der Waals surface area contributed by atoms with E-state index in [0.717, 1.165) is 24.2 Å². The number of allylic oxidation sites excluding steroid dienone is 3. The average Bonchev–Trinajstić information content (AvgIpc) is 2.20. The molecule has 0 amide bonds. The Kier molecular flexibility index (Phi) is 2.31. The molecular weight excluding hydrogens is 120 g/mol. The molecule has 0 nitrogen and oxygen atoms in total. The second-order valence-corrected chi connectivity index (χ2v) is 3.29. The van der Waals surface area contributed by atoms with Crippen molar-refractivity contribution in [3.05, 3.63) is 24.8 Å². The van der Waals surface area contributed by atoms with Crippen LogP contribution in [0.4, 0.5) is 0 Å². The summed E-state index contributed by atoms with van der Waals surface area (Å²) in [6.07, 6.45) is 7.83. The Hall–Kier alpha value is -0.520. The molecule has 56 valence electrons. The molecule has 0 aliphatic heterocycles. The normalized spacial score (nSPS) is 38.4. The molecule has 1 rings (SSSR count). The summed E-state index contributed by atoms with van der Waals surface area (Å²) < 4.78 is 0. The van der Waals surface area contributed by atoms with Crippen molar-refractivity contribution < 1.29 is 0 Å². The van der Waals surface area contributed by atoms with E-state index < -0.39 is 0 Å². The van der Waals surface area contributed by atoms with E-state index in [1.165, 1.54) is 0 Å². The molecule has 2 unspecified atom stereocenters. The second kappa shape index (κ2) is 3.05. The Morgan fingerprint density at radius 1 is 1.30 bits per heavy atom. The van der Waals surface area contributed by atoms with Crippen LogP contribution in [-0.2, 0) is 0 Å². The van der Waals surface area contributed by atoms with Crippen LogP contribution in [0, 0.1) is 17.8 Å². The molecule has 1 aliphatic rings. The van der Waals surface area contributed by atoms with E-state index in [2.05, 4.69) is 32.6 Å². The first-order valence-corrected chi connectivity index (χ1v) is 4.05. The number of hydrogen-bond acceptors (Lipinski definition) is 0. The van der Waals surface area contributed by atoms with Crippen molar-refractivity contribution in [2.75, 3.05) is 0 Å². The van der Waals surface area contributed by atoms with Crippen LogP contribution in [0.1, 0.15) is 20.3 Å². The molecule has 0 saturated heterocycles. The van der Waals surface area contributed by atoms with Crippen LogP contribution < -0.4 is 0 Å². The predicted octanol–water partition coefficient (Wildman–Crippen LogP) is 3.02. The number of hydrogen-bond donors (Lipinski definition) is 0. The van der Waals surface area contributed by atoms with E-state index in [4.69, 9.17) is 0 Å². The molecule has 0 radical (unpaired) electrons. The maximum absolute atomic E-state index is 3.77. The third-order valence-electron chi connectivity index (χ3n) is 2.51. The van der Waals surface area contributed by atoms with Crippen LogP contribution in [-0.4, -0.2) is 0 Å². The van der Waals surface area contributed by atoms with Crippen molar-refractivity contribution in [2.45, 2.75) is 20.3 Å². The quantitative estimate of drug-likeness (QED) is 0.512. The molecule has 0 bridgehead atoms. The summed E-state index contributed by atoms with van der Waals surface area (Å²) in [5.74, 6) is 2.33. The predicted molar refractivity (Wildman–Crippen MR) is 45.8 cm³/mol. The van der Waals surface area contributed by atoms with Crippen LogP contribution in [0.2, 0.25) is 0 Å². The lowest BCUT2D eigenvalue weighted by molar-refractivity contribution is 0.374. The van der Waals surface area contributed by atoms with Gasteiger partial charge in [0, 0.05) is 0 Å². The van der Waals surface area contributed by atoms with Crippen molar-refractivity contribution in [3.63, 3.8) is 0 Å². The summed E-state index contributed by atoms with van der Waals surface area (Å²) >= 11 is 0. The van der Waals surface area contributed by atoms with Gasteiger partial charge >= 0.3 is 0 Å². The van der Waals surface area contributed by atoms with Gasteiger partial charge in [0.05, 0.1) is 0 Å². The lowest BCUT2D eigenvalue weighted by Crippen LogP contribution is -2.10. The van der Waals surface area contributed by atoms with Crippen molar-refractivity contribution in [1.82, 2.24) is 0 Å². The van der Waals surface area contributed by atoms with Crippen molar-refractivity contribution in [1.29, 1.82) is 0 Å². The highest BCUT2D eigenvalue weighted by Crippen LogP contribution is 2.32. The summed E-state index contributed by atoms with van der Waals surface area (Å²) in [4.78, 5) is 0. The van der Waals surface area contributed by atoms with Gasteiger partial charge in [0.2, 0.25) is 0 Å². The number of rotatable bonds is 2. The molecule has 0 spiro atoms. The monoisotopic (exact) mass is 136 g/mol. The Morgan fingerprint density at radius 3 is 2.20 bits per heavy atom. The fraction of sp³-hybridized carbons (Fsp3) is 0.600. The Balaban J connectivity index is 2.51. The average molecular weight is 136 g/mol. The van der Waals surface area contributed by atoms with E-state index in [0.29, 0.717) is 0 Å². The lowest BCUT2D eigenvalue weighted by atomic mass is 9.87. The minimum absolute atomic E-state index is 0.757. The standard InChI is InChI=1S/C10H16/c1-4-5-10-8(2)6-7-9(10)3/h4,6-10H,1,5H2,2-3H3. The maximum atomic E-state index is 3.77. The molecule has 2 atom stereocenters. The SMILES string of the molecule is C=CCC1C(C)C=CC1C. The first-order chi connectivity index (χ1) is 4.75. The summed E-state index contributed by atoms with van der Waals surface area (Å²) in [5, 5.41) is 0. The first kappa shape index (κ1) is 7.59. The van der Waals surface area contributed by atoms with Crippen LogP contribution in [0.5, 0.6) is 0 Å². The van der Waals surface area contributed by atoms with Crippen LogP contribution in [0.15, 0.2) is 24.8 Å². The minimum atomic E-state index is 0.757. The highest BCUT2D eigenvalue weighted by atomic mass is 14.3. The second-order valence-electron chi connectivity index (χ2n) is 3.29. The molecule has 0 saturated carbocycles. The zero-order valence-corrected chi connectivity index (χ0v) is 6.88.